The Kier molecular flexibility index (Phi) is 11.3. The van der Waals surface area contributed by atoms with Gasteiger partial charge in [0.25, 0.3) is 0 Å². The molecule has 0 heterocycles. The van der Waals surface area contributed by atoms with Crippen molar-refractivity contribution < 1.29 is 31.2 Å². The Morgan fingerprint density at radius 3 is 2.37 bits per heavy atom. The van der Waals surface area contributed by atoms with Crippen molar-refractivity contribution in [2.75, 3.05) is 23.7 Å². The molecular formula is C25H30Cl2F3N3O4S. The molecule has 7 nitrogen and oxygen atoms in total. The summed E-state index contributed by atoms with van der Waals surface area (Å²) in [6, 6.07) is 7.86. The lowest BCUT2D eigenvalue weighted by atomic mass is 10.1. The van der Waals surface area contributed by atoms with Gasteiger partial charge in [0.15, 0.2) is 0 Å². The van der Waals surface area contributed by atoms with Gasteiger partial charge in [-0.05, 0) is 55.7 Å². The second-order valence-corrected chi connectivity index (χ2v) is 11.5. The van der Waals surface area contributed by atoms with Crippen LogP contribution in [0.2, 0.25) is 10.0 Å². The molecule has 2 amide bonds. The monoisotopic (exact) mass is 595 g/mol. The normalized spacial score (nSPS) is 12.6. The number of carbonyl (C=O) groups excluding carboxylic acids is 2. The van der Waals surface area contributed by atoms with Crippen LogP contribution < -0.4 is 9.62 Å². The molecule has 210 valence electrons. The zero-order valence-electron chi connectivity index (χ0n) is 21.2. The molecule has 0 saturated carbocycles. The van der Waals surface area contributed by atoms with Gasteiger partial charge in [0.1, 0.15) is 6.04 Å². The topological polar surface area (TPSA) is 86.8 Å². The maximum atomic E-state index is 13.3. The van der Waals surface area contributed by atoms with E-state index >= 15 is 0 Å². The second-order valence-electron chi connectivity index (χ2n) is 8.71. The maximum absolute atomic E-state index is 13.3. The van der Waals surface area contributed by atoms with E-state index in [1.807, 2.05) is 6.92 Å². The molecule has 2 rings (SSSR count). The summed E-state index contributed by atoms with van der Waals surface area (Å²) < 4.78 is 65.0. The van der Waals surface area contributed by atoms with E-state index < -0.39 is 33.7 Å². The highest BCUT2D eigenvalue weighted by Crippen LogP contribution is 2.32. The number of benzene rings is 2. The molecule has 0 radical (unpaired) electrons. The fourth-order valence-electron chi connectivity index (χ4n) is 3.65. The summed E-state index contributed by atoms with van der Waals surface area (Å²) in [6.07, 6.45) is -3.23. The van der Waals surface area contributed by atoms with Gasteiger partial charge in [0.2, 0.25) is 21.8 Å². The van der Waals surface area contributed by atoms with Crippen LogP contribution in [0.3, 0.4) is 0 Å². The van der Waals surface area contributed by atoms with Gasteiger partial charge < -0.3 is 10.2 Å². The third-order valence-corrected chi connectivity index (χ3v) is 7.47. The predicted molar refractivity (Wildman–Crippen MR) is 143 cm³/mol. The minimum atomic E-state index is -4.65. The molecule has 0 aromatic heterocycles. The zero-order valence-corrected chi connectivity index (χ0v) is 23.5. The first-order valence-corrected chi connectivity index (χ1v) is 14.4. The minimum Gasteiger partial charge on any atom is -0.354 e. The first-order chi connectivity index (χ1) is 17.6. The molecule has 38 heavy (non-hydrogen) atoms. The fraction of sp³-hybridized carbons (Fsp3) is 0.440. The summed E-state index contributed by atoms with van der Waals surface area (Å²) in [5.74, 6) is -0.820. The largest absolute Gasteiger partial charge is 0.416 e. The molecule has 0 fully saturated rings. The molecule has 0 unspecified atom stereocenters. The number of halogens is 5. The lowest BCUT2D eigenvalue weighted by Crippen LogP contribution is -2.48. The third kappa shape index (κ3) is 9.06. The predicted octanol–water partition coefficient (Wildman–Crippen LogP) is 5.50. The number of carbonyl (C=O) groups is 2. The van der Waals surface area contributed by atoms with E-state index in [0.717, 1.165) is 28.8 Å². The van der Waals surface area contributed by atoms with E-state index in [4.69, 9.17) is 23.2 Å². The number of sulfonamides is 1. The number of alkyl halides is 3. The first-order valence-electron chi connectivity index (χ1n) is 11.8. The quantitative estimate of drug-likeness (QED) is 0.351. The van der Waals surface area contributed by atoms with Crippen molar-refractivity contribution in [3.05, 3.63) is 63.6 Å². The summed E-state index contributed by atoms with van der Waals surface area (Å²) in [5.41, 5.74) is -0.592. The van der Waals surface area contributed by atoms with Gasteiger partial charge in [0, 0.05) is 36.1 Å². The highest BCUT2D eigenvalue weighted by atomic mass is 35.5. The number of amides is 2. The molecule has 0 saturated heterocycles. The number of anilines is 1. The Balaban J connectivity index is 2.23. The van der Waals surface area contributed by atoms with E-state index in [1.165, 1.54) is 17.0 Å². The number of nitrogens with zero attached hydrogens (tertiary/aromatic N) is 2. The van der Waals surface area contributed by atoms with E-state index in [1.54, 1.807) is 19.1 Å². The van der Waals surface area contributed by atoms with Crippen molar-refractivity contribution in [2.45, 2.75) is 51.9 Å². The van der Waals surface area contributed by atoms with Crippen LogP contribution in [0.1, 0.15) is 44.2 Å². The van der Waals surface area contributed by atoms with Gasteiger partial charge in [-0.25, -0.2) is 8.42 Å². The third-order valence-electron chi connectivity index (χ3n) is 5.69. The number of nitrogens with one attached hydrogen (secondary N) is 1. The Morgan fingerprint density at radius 1 is 1.11 bits per heavy atom. The highest BCUT2D eigenvalue weighted by molar-refractivity contribution is 7.92. The van der Waals surface area contributed by atoms with Crippen molar-refractivity contribution >= 4 is 50.7 Å². The molecule has 2 aromatic carbocycles. The first kappa shape index (κ1) is 31.7. The number of hydrogen-bond acceptors (Lipinski definition) is 4. The summed E-state index contributed by atoms with van der Waals surface area (Å²) >= 11 is 12.2. The van der Waals surface area contributed by atoms with Crippen molar-refractivity contribution in [2.24, 2.45) is 0 Å². The smallest absolute Gasteiger partial charge is 0.354 e. The van der Waals surface area contributed by atoms with Gasteiger partial charge in [-0.3, -0.25) is 13.9 Å². The van der Waals surface area contributed by atoms with E-state index in [9.17, 15) is 31.2 Å². The fourth-order valence-corrected chi connectivity index (χ4v) is 5.08. The average molecular weight is 596 g/mol. The minimum absolute atomic E-state index is 0.00103. The Bertz CT molecular complexity index is 1240. The molecular weight excluding hydrogens is 566 g/mol. The van der Waals surface area contributed by atoms with Crippen LogP contribution in [0, 0.1) is 0 Å². The van der Waals surface area contributed by atoms with Crippen molar-refractivity contribution in [3.63, 3.8) is 0 Å². The van der Waals surface area contributed by atoms with Crippen LogP contribution in [-0.4, -0.2) is 50.5 Å². The summed E-state index contributed by atoms with van der Waals surface area (Å²) in [6.45, 7) is 3.64. The molecule has 1 atom stereocenters. The molecule has 2 aromatic rings. The van der Waals surface area contributed by atoms with Crippen LogP contribution >= 0.6 is 23.2 Å². The van der Waals surface area contributed by atoms with Gasteiger partial charge in [0.05, 0.1) is 17.5 Å². The molecule has 0 spiro atoms. The Morgan fingerprint density at radius 2 is 1.79 bits per heavy atom. The van der Waals surface area contributed by atoms with E-state index in [2.05, 4.69) is 5.32 Å². The summed E-state index contributed by atoms with van der Waals surface area (Å²) in [5, 5.41) is 3.46. The van der Waals surface area contributed by atoms with Gasteiger partial charge >= 0.3 is 6.18 Å². The molecule has 13 heteroatoms. The standard InChI is InChI=1S/C25H30Cl2F3N3O4S/c1-4-12-31-24(35)17(2)32(16-18-10-11-20(26)15-22(18)27)23(34)9-6-13-33(38(3,36)37)21-8-5-7-19(14-21)25(28,29)30/h5,7-8,10-11,14-15,17H,4,6,9,12-13,16H2,1-3H3,(H,31,35)/t17-/m1/s1. The Labute approximate surface area is 230 Å². The molecule has 1 N–H and O–H groups in total. The van der Waals surface area contributed by atoms with Crippen molar-refractivity contribution in [3.8, 4) is 0 Å². The van der Waals surface area contributed by atoms with Crippen molar-refractivity contribution in [1.29, 1.82) is 0 Å². The van der Waals surface area contributed by atoms with Crippen LogP contribution in [-0.2, 0) is 32.3 Å². The zero-order chi connectivity index (χ0) is 28.7. The lowest BCUT2D eigenvalue weighted by molar-refractivity contribution is -0.140. The summed E-state index contributed by atoms with van der Waals surface area (Å²) in [4.78, 5) is 27.2. The lowest BCUT2D eigenvalue weighted by Gasteiger charge is -2.30. The maximum Gasteiger partial charge on any atom is 0.416 e. The van der Waals surface area contributed by atoms with Crippen molar-refractivity contribution in [1.82, 2.24) is 10.2 Å². The van der Waals surface area contributed by atoms with Gasteiger partial charge in [-0.2, -0.15) is 13.2 Å². The van der Waals surface area contributed by atoms with Crippen LogP contribution in [0.15, 0.2) is 42.5 Å². The van der Waals surface area contributed by atoms with Crippen LogP contribution in [0.25, 0.3) is 0 Å². The number of hydrogen-bond donors (Lipinski definition) is 1. The molecule has 0 bridgehead atoms. The summed E-state index contributed by atoms with van der Waals surface area (Å²) in [7, 11) is -3.95. The van der Waals surface area contributed by atoms with Crippen LogP contribution in [0.4, 0.5) is 18.9 Å². The van der Waals surface area contributed by atoms with E-state index in [-0.39, 0.29) is 37.5 Å². The average Bonchev–Trinajstić information content (AvgIpc) is 2.83. The Hall–Kier alpha value is -2.50. The molecule has 0 aliphatic carbocycles. The molecule has 0 aliphatic heterocycles. The van der Waals surface area contributed by atoms with Gasteiger partial charge in [-0.1, -0.05) is 42.3 Å². The molecule has 0 aliphatic rings. The van der Waals surface area contributed by atoms with Crippen LogP contribution in [0.5, 0.6) is 0 Å². The SMILES string of the molecule is CCCNC(=O)[C@@H](C)N(Cc1ccc(Cl)cc1Cl)C(=O)CCCN(c1cccc(C(F)(F)F)c1)S(C)(=O)=O. The number of rotatable bonds is 12. The van der Waals surface area contributed by atoms with E-state index in [0.29, 0.717) is 28.6 Å². The highest BCUT2D eigenvalue weighted by Gasteiger charge is 2.32. The second kappa shape index (κ2) is 13.5. The van der Waals surface area contributed by atoms with Gasteiger partial charge in [-0.15, -0.1) is 0 Å².